The minimum absolute atomic E-state index is 0.0132. The predicted octanol–water partition coefficient (Wildman–Crippen LogP) is 3.86. The maximum absolute atomic E-state index is 12.4. The molecule has 0 aliphatic carbocycles. The first-order valence-electron chi connectivity index (χ1n) is 6.64. The van der Waals surface area contributed by atoms with Crippen molar-refractivity contribution in [2.45, 2.75) is 4.90 Å². The summed E-state index contributed by atoms with van der Waals surface area (Å²) in [6.45, 7) is 0.721. The first-order chi connectivity index (χ1) is 10.2. The number of hydrogen-bond donors (Lipinski definition) is 0. The lowest BCUT2D eigenvalue weighted by molar-refractivity contribution is -0.120. The van der Waals surface area contributed by atoms with Gasteiger partial charge in [-0.3, -0.25) is 4.79 Å². The van der Waals surface area contributed by atoms with Crippen LogP contribution in [0, 0.1) is 0 Å². The molecule has 0 atom stereocenters. The Bertz CT molecular complexity index is 662. The number of rotatable bonds is 3. The van der Waals surface area contributed by atoms with Crippen LogP contribution in [0.2, 0.25) is 5.02 Å². The van der Waals surface area contributed by atoms with Gasteiger partial charge in [0, 0.05) is 22.2 Å². The second-order valence-corrected chi connectivity index (χ2v) is 6.18. The van der Waals surface area contributed by atoms with Crippen LogP contribution in [0.3, 0.4) is 0 Å². The normalized spacial score (nSPS) is 13.7. The number of anilines is 1. The molecule has 0 bridgehead atoms. The van der Waals surface area contributed by atoms with Crippen LogP contribution in [0.25, 0.3) is 0 Å². The fourth-order valence-corrected chi connectivity index (χ4v) is 3.38. The van der Waals surface area contributed by atoms with Gasteiger partial charge in [-0.25, -0.2) is 0 Å². The molecule has 2 aromatic carbocycles. The minimum Gasteiger partial charge on any atom is -0.484 e. The lowest BCUT2D eigenvalue weighted by Crippen LogP contribution is -2.38. The van der Waals surface area contributed by atoms with Gasteiger partial charge in [0.2, 0.25) is 0 Å². The summed E-state index contributed by atoms with van der Waals surface area (Å²) < 4.78 is 5.53. The fourth-order valence-electron chi connectivity index (χ4n) is 2.21. The number of carbonyl (C=O) groups excluding carboxylic acids is 1. The van der Waals surface area contributed by atoms with Crippen LogP contribution < -0.4 is 9.64 Å². The summed E-state index contributed by atoms with van der Waals surface area (Å²) >= 11 is 7.67. The molecule has 0 saturated heterocycles. The molecule has 2 aromatic rings. The molecule has 5 heteroatoms. The fraction of sp³-hybridized carbons (Fsp3) is 0.188. The SMILES string of the molecule is O=C(COc1cccc(Cl)c1)N1CCSc2ccccc21. The van der Waals surface area contributed by atoms with Crippen molar-refractivity contribution in [2.75, 3.05) is 23.8 Å². The molecule has 0 unspecified atom stereocenters. The Morgan fingerprint density at radius 1 is 1.24 bits per heavy atom. The van der Waals surface area contributed by atoms with Crippen LogP contribution in [0.15, 0.2) is 53.4 Å². The van der Waals surface area contributed by atoms with E-state index < -0.39 is 0 Å². The van der Waals surface area contributed by atoms with Gasteiger partial charge in [0.05, 0.1) is 5.69 Å². The first-order valence-corrected chi connectivity index (χ1v) is 8.01. The zero-order valence-electron chi connectivity index (χ0n) is 11.3. The molecule has 1 amide bonds. The maximum Gasteiger partial charge on any atom is 0.264 e. The number of thioether (sulfide) groups is 1. The highest BCUT2D eigenvalue weighted by molar-refractivity contribution is 7.99. The van der Waals surface area contributed by atoms with Gasteiger partial charge in [-0.15, -0.1) is 11.8 Å². The quantitative estimate of drug-likeness (QED) is 0.860. The molecular formula is C16H14ClNO2S. The molecule has 3 rings (SSSR count). The molecule has 1 aliphatic heterocycles. The first kappa shape index (κ1) is 14.3. The van der Waals surface area contributed by atoms with E-state index in [2.05, 4.69) is 0 Å². The lowest BCUT2D eigenvalue weighted by atomic mass is 10.2. The number of fused-ring (bicyclic) bond motifs is 1. The van der Waals surface area contributed by atoms with Crippen molar-refractivity contribution in [1.82, 2.24) is 0 Å². The van der Waals surface area contributed by atoms with E-state index in [0.29, 0.717) is 17.3 Å². The van der Waals surface area contributed by atoms with E-state index in [1.165, 1.54) is 0 Å². The largest absolute Gasteiger partial charge is 0.484 e. The van der Waals surface area contributed by atoms with E-state index in [1.807, 2.05) is 24.3 Å². The minimum atomic E-state index is -0.0391. The van der Waals surface area contributed by atoms with E-state index in [-0.39, 0.29) is 12.5 Å². The highest BCUT2D eigenvalue weighted by Gasteiger charge is 2.22. The van der Waals surface area contributed by atoms with Crippen LogP contribution >= 0.6 is 23.4 Å². The van der Waals surface area contributed by atoms with E-state index in [4.69, 9.17) is 16.3 Å². The Labute approximate surface area is 132 Å². The maximum atomic E-state index is 12.4. The molecule has 0 aromatic heterocycles. The van der Waals surface area contributed by atoms with E-state index in [9.17, 15) is 4.79 Å². The third-order valence-corrected chi connectivity index (χ3v) is 4.47. The molecule has 3 nitrogen and oxygen atoms in total. The predicted molar refractivity (Wildman–Crippen MR) is 86.5 cm³/mol. The van der Waals surface area contributed by atoms with Crippen LogP contribution in [0.4, 0.5) is 5.69 Å². The monoisotopic (exact) mass is 319 g/mol. The number of halogens is 1. The number of benzene rings is 2. The number of para-hydroxylation sites is 1. The Balaban J connectivity index is 1.69. The van der Waals surface area contributed by atoms with Crippen LogP contribution in [0.1, 0.15) is 0 Å². The van der Waals surface area contributed by atoms with Crippen LogP contribution in [-0.2, 0) is 4.79 Å². The molecule has 0 spiro atoms. The number of hydrogen-bond acceptors (Lipinski definition) is 3. The number of amides is 1. The Hall–Kier alpha value is -1.65. The summed E-state index contributed by atoms with van der Waals surface area (Å²) in [4.78, 5) is 15.3. The van der Waals surface area contributed by atoms with Gasteiger partial charge in [-0.2, -0.15) is 0 Å². The standard InChI is InChI=1S/C16H14ClNO2S/c17-12-4-3-5-13(10-12)20-11-16(19)18-8-9-21-15-7-2-1-6-14(15)18/h1-7,10H,8-9,11H2. The number of carbonyl (C=O) groups is 1. The summed E-state index contributed by atoms with van der Waals surface area (Å²) in [5.74, 6) is 1.47. The third kappa shape index (κ3) is 3.34. The van der Waals surface area contributed by atoms with Crippen LogP contribution in [0.5, 0.6) is 5.75 Å². The molecular weight excluding hydrogens is 306 g/mol. The van der Waals surface area contributed by atoms with Crippen molar-refractivity contribution in [1.29, 1.82) is 0 Å². The molecule has 0 fully saturated rings. The average Bonchev–Trinajstić information content (AvgIpc) is 2.52. The van der Waals surface area contributed by atoms with Gasteiger partial charge in [0.25, 0.3) is 5.91 Å². The zero-order valence-corrected chi connectivity index (χ0v) is 12.9. The molecule has 0 saturated carbocycles. The molecule has 21 heavy (non-hydrogen) atoms. The van der Waals surface area contributed by atoms with Gasteiger partial charge in [0.15, 0.2) is 6.61 Å². The average molecular weight is 320 g/mol. The van der Waals surface area contributed by atoms with Crippen LogP contribution in [-0.4, -0.2) is 24.8 Å². The zero-order chi connectivity index (χ0) is 14.7. The molecule has 108 valence electrons. The molecule has 1 heterocycles. The molecule has 0 radical (unpaired) electrons. The molecule has 0 N–H and O–H groups in total. The Kier molecular flexibility index (Phi) is 4.36. The summed E-state index contributed by atoms with van der Waals surface area (Å²) in [7, 11) is 0. The smallest absolute Gasteiger partial charge is 0.264 e. The van der Waals surface area contributed by atoms with Crippen molar-refractivity contribution in [3.8, 4) is 5.75 Å². The highest BCUT2D eigenvalue weighted by atomic mass is 35.5. The van der Waals surface area contributed by atoms with E-state index in [1.54, 1.807) is 40.9 Å². The lowest BCUT2D eigenvalue weighted by Gasteiger charge is -2.28. The molecule has 1 aliphatic rings. The van der Waals surface area contributed by atoms with Crippen molar-refractivity contribution < 1.29 is 9.53 Å². The Morgan fingerprint density at radius 3 is 2.95 bits per heavy atom. The van der Waals surface area contributed by atoms with E-state index in [0.717, 1.165) is 16.3 Å². The summed E-state index contributed by atoms with van der Waals surface area (Å²) in [6.07, 6.45) is 0. The topological polar surface area (TPSA) is 29.5 Å². The van der Waals surface area contributed by atoms with E-state index >= 15 is 0 Å². The Morgan fingerprint density at radius 2 is 2.10 bits per heavy atom. The highest BCUT2D eigenvalue weighted by Crippen LogP contribution is 2.34. The number of nitrogens with zero attached hydrogens (tertiary/aromatic N) is 1. The summed E-state index contributed by atoms with van der Waals surface area (Å²) in [5, 5.41) is 0.597. The van der Waals surface area contributed by atoms with Gasteiger partial charge >= 0.3 is 0 Å². The van der Waals surface area contributed by atoms with Crippen molar-refractivity contribution >= 4 is 35.0 Å². The van der Waals surface area contributed by atoms with Gasteiger partial charge < -0.3 is 9.64 Å². The van der Waals surface area contributed by atoms with Gasteiger partial charge in [-0.1, -0.05) is 29.8 Å². The summed E-state index contributed by atoms with van der Waals surface area (Å²) in [5.41, 5.74) is 0.966. The van der Waals surface area contributed by atoms with Crippen molar-refractivity contribution in [3.63, 3.8) is 0 Å². The van der Waals surface area contributed by atoms with Crippen molar-refractivity contribution in [2.24, 2.45) is 0 Å². The third-order valence-electron chi connectivity index (χ3n) is 3.19. The second-order valence-electron chi connectivity index (χ2n) is 4.61. The van der Waals surface area contributed by atoms with Gasteiger partial charge in [-0.05, 0) is 30.3 Å². The second kappa shape index (κ2) is 6.41. The number of ether oxygens (including phenoxy) is 1. The van der Waals surface area contributed by atoms with Gasteiger partial charge in [0.1, 0.15) is 5.75 Å². The summed E-state index contributed by atoms with van der Waals surface area (Å²) in [6, 6.07) is 15.0. The van der Waals surface area contributed by atoms with Crippen molar-refractivity contribution in [3.05, 3.63) is 53.6 Å².